The number of nitrogens with one attached hydrogen (secondary N) is 1. The second-order valence-corrected chi connectivity index (χ2v) is 4.17. The van der Waals surface area contributed by atoms with Crippen LogP contribution in [0.15, 0.2) is 0 Å². The maximum atomic E-state index is 10.6. The molecule has 1 saturated carbocycles. The van der Waals surface area contributed by atoms with Gasteiger partial charge < -0.3 is 15.2 Å². The van der Waals surface area contributed by atoms with Gasteiger partial charge in [0.2, 0.25) is 0 Å². The molecule has 7 heteroatoms. The SMILES string of the molecule is COC1CC2(CNC2)C1.O=C(O)C(F)(F)F. The highest BCUT2D eigenvalue weighted by Gasteiger charge is 2.48. The number of hydrogen-bond donors (Lipinski definition) is 2. The zero-order valence-corrected chi connectivity index (χ0v) is 8.80. The zero-order chi connectivity index (χ0) is 12.4. The van der Waals surface area contributed by atoms with E-state index in [1.165, 1.54) is 25.9 Å². The first kappa shape index (κ1) is 13.2. The minimum atomic E-state index is -5.08. The van der Waals surface area contributed by atoms with Crippen molar-refractivity contribution < 1.29 is 27.8 Å². The van der Waals surface area contributed by atoms with Gasteiger partial charge in [0, 0.05) is 25.6 Å². The third kappa shape index (κ3) is 3.08. The van der Waals surface area contributed by atoms with E-state index in [9.17, 15) is 13.2 Å². The minimum Gasteiger partial charge on any atom is -0.475 e. The maximum absolute atomic E-state index is 10.6. The molecule has 1 spiro atoms. The predicted octanol–water partition coefficient (Wildman–Crippen LogP) is 1.02. The Morgan fingerprint density at radius 3 is 2.06 bits per heavy atom. The third-order valence-corrected chi connectivity index (χ3v) is 2.90. The second-order valence-electron chi connectivity index (χ2n) is 4.17. The Balaban J connectivity index is 0.000000168. The Morgan fingerprint density at radius 1 is 1.44 bits per heavy atom. The van der Waals surface area contributed by atoms with Crippen molar-refractivity contribution in [1.82, 2.24) is 5.32 Å². The van der Waals surface area contributed by atoms with E-state index in [4.69, 9.17) is 14.6 Å². The summed E-state index contributed by atoms with van der Waals surface area (Å²) in [5.41, 5.74) is 0.681. The van der Waals surface area contributed by atoms with Crippen molar-refractivity contribution in [2.45, 2.75) is 25.1 Å². The predicted molar refractivity (Wildman–Crippen MR) is 49.0 cm³/mol. The summed E-state index contributed by atoms with van der Waals surface area (Å²) in [5, 5.41) is 10.4. The smallest absolute Gasteiger partial charge is 0.475 e. The number of aliphatic carboxylic acids is 1. The molecule has 2 aliphatic rings. The van der Waals surface area contributed by atoms with E-state index in [1.54, 1.807) is 0 Å². The van der Waals surface area contributed by atoms with Crippen molar-refractivity contribution in [2.24, 2.45) is 5.41 Å². The fourth-order valence-corrected chi connectivity index (χ4v) is 1.84. The van der Waals surface area contributed by atoms with Crippen LogP contribution in [0.5, 0.6) is 0 Å². The number of ether oxygens (including phenoxy) is 1. The molecule has 1 aliphatic carbocycles. The summed E-state index contributed by atoms with van der Waals surface area (Å²) in [6, 6.07) is 0. The van der Waals surface area contributed by atoms with Crippen molar-refractivity contribution in [3.8, 4) is 0 Å². The van der Waals surface area contributed by atoms with Crippen molar-refractivity contribution >= 4 is 5.97 Å². The summed E-state index contributed by atoms with van der Waals surface area (Å²) in [4.78, 5) is 8.90. The van der Waals surface area contributed by atoms with Crippen LogP contribution in [0.2, 0.25) is 0 Å². The minimum absolute atomic E-state index is 0.576. The van der Waals surface area contributed by atoms with E-state index in [1.807, 2.05) is 7.11 Å². The number of halogens is 3. The summed E-state index contributed by atoms with van der Waals surface area (Å²) in [7, 11) is 1.81. The van der Waals surface area contributed by atoms with E-state index in [0.29, 0.717) is 11.5 Å². The van der Waals surface area contributed by atoms with Crippen molar-refractivity contribution in [2.75, 3.05) is 20.2 Å². The quantitative estimate of drug-likeness (QED) is 0.719. The van der Waals surface area contributed by atoms with Crippen LogP contribution < -0.4 is 5.32 Å². The fraction of sp³-hybridized carbons (Fsp3) is 0.889. The van der Waals surface area contributed by atoms with Gasteiger partial charge in [0.05, 0.1) is 6.10 Å². The Morgan fingerprint density at radius 2 is 1.88 bits per heavy atom. The first-order valence-electron chi connectivity index (χ1n) is 4.83. The molecule has 0 aromatic carbocycles. The highest BCUT2D eigenvalue weighted by molar-refractivity contribution is 5.73. The number of carboxylic acid groups (broad SMARTS) is 1. The Kier molecular flexibility index (Phi) is 3.80. The van der Waals surface area contributed by atoms with Crippen LogP contribution >= 0.6 is 0 Å². The van der Waals surface area contributed by atoms with Gasteiger partial charge in [-0.1, -0.05) is 0 Å². The molecule has 2 fully saturated rings. The lowest BCUT2D eigenvalue weighted by Crippen LogP contribution is -2.62. The van der Waals surface area contributed by atoms with Gasteiger partial charge in [-0.3, -0.25) is 0 Å². The summed E-state index contributed by atoms with van der Waals surface area (Å²) >= 11 is 0. The van der Waals surface area contributed by atoms with Gasteiger partial charge in [-0.25, -0.2) is 4.79 Å². The third-order valence-electron chi connectivity index (χ3n) is 2.90. The Labute approximate surface area is 90.8 Å². The Bertz CT molecular complexity index is 255. The Hall–Kier alpha value is -0.820. The van der Waals surface area contributed by atoms with Gasteiger partial charge in [-0.2, -0.15) is 13.2 Å². The topological polar surface area (TPSA) is 58.6 Å². The monoisotopic (exact) mass is 241 g/mol. The van der Waals surface area contributed by atoms with Crippen LogP contribution in [0.3, 0.4) is 0 Å². The molecule has 1 heterocycles. The lowest BCUT2D eigenvalue weighted by molar-refractivity contribution is -0.192. The van der Waals surface area contributed by atoms with E-state index in [2.05, 4.69) is 5.32 Å². The van der Waals surface area contributed by atoms with Crippen LogP contribution in [0.4, 0.5) is 13.2 Å². The summed E-state index contributed by atoms with van der Waals surface area (Å²) < 4.78 is 36.9. The normalized spacial score (nSPS) is 22.8. The standard InChI is InChI=1S/C7H13NO.C2HF3O2/c1-9-6-2-7(3-6)4-8-5-7;3-2(4,5)1(6)7/h6,8H,2-5H2,1H3;(H,6,7). The number of carbonyl (C=O) groups is 1. The molecule has 16 heavy (non-hydrogen) atoms. The molecular formula is C9H14F3NO3. The number of rotatable bonds is 1. The first-order valence-corrected chi connectivity index (χ1v) is 4.83. The van der Waals surface area contributed by atoms with E-state index in [-0.39, 0.29) is 0 Å². The van der Waals surface area contributed by atoms with Crippen LogP contribution in [-0.2, 0) is 9.53 Å². The molecule has 2 N–H and O–H groups in total. The highest BCUT2D eigenvalue weighted by atomic mass is 19.4. The molecule has 0 bridgehead atoms. The molecule has 0 aromatic heterocycles. The van der Waals surface area contributed by atoms with Gasteiger partial charge in [0.15, 0.2) is 0 Å². The average molecular weight is 241 g/mol. The van der Waals surface area contributed by atoms with Crippen LogP contribution in [0.1, 0.15) is 12.8 Å². The molecule has 0 radical (unpaired) electrons. The lowest BCUT2D eigenvalue weighted by atomic mass is 9.63. The number of alkyl halides is 3. The molecule has 0 amide bonds. The van der Waals surface area contributed by atoms with Crippen molar-refractivity contribution in [3.05, 3.63) is 0 Å². The average Bonchev–Trinajstić information content (AvgIpc) is 1.98. The van der Waals surface area contributed by atoms with E-state index < -0.39 is 12.1 Å². The van der Waals surface area contributed by atoms with Gasteiger partial charge in [0.1, 0.15) is 0 Å². The molecule has 1 aliphatic heterocycles. The molecule has 4 nitrogen and oxygen atoms in total. The van der Waals surface area contributed by atoms with Crippen molar-refractivity contribution in [1.29, 1.82) is 0 Å². The lowest BCUT2D eigenvalue weighted by Gasteiger charge is -2.53. The molecule has 2 rings (SSSR count). The summed E-state index contributed by atoms with van der Waals surface area (Å²) in [6.45, 7) is 2.46. The second kappa shape index (κ2) is 4.58. The highest BCUT2D eigenvalue weighted by Crippen LogP contribution is 2.45. The zero-order valence-electron chi connectivity index (χ0n) is 8.80. The van der Waals surface area contributed by atoms with Crippen molar-refractivity contribution in [3.63, 3.8) is 0 Å². The number of hydrogen-bond acceptors (Lipinski definition) is 3. The van der Waals surface area contributed by atoms with E-state index in [0.717, 1.165) is 0 Å². The largest absolute Gasteiger partial charge is 0.490 e. The summed E-state index contributed by atoms with van der Waals surface area (Å²) in [5.74, 6) is -2.76. The van der Waals surface area contributed by atoms with Crippen LogP contribution in [0, 0.1) is 5.41 Å². The molecule has 94 valence electrons. The van der Waals surface area contributed by atoms with E-state index >= 15 is 0 Å². The molecule has 0 atom stereocenters. The van der Waals surface area contributed by atoms with Gasteiger partial charge in [-0.15, -0.1) is 0 Å². The number of carboxylic acids is 1. The van der Waals surface area contributed by atoms with Gasteiger partial charge in [-0.05, 0) is 12.8 Å². The van der Waals surface area contributed by atoms with Gasteiger partial charge in [0.25, 0.3) is 0 Å². The van der Waals surface area contributed by atoms with Crippen LogP contribution in [-0.4, -0.2) is 43.6 Å². The van der Waals surface area contributed by atoms with Gasteiger partial charge >= 0.3 is 12.1 Å². The molecule has 0 unspecified atom stereocenters. The summed E-state index contributed by atoms with van der Waals surface area (Å²) in [6.07, 6.45) is -1.93. The maximum Gasteiger partial charge on any atom is 0.490 e. The number of methoxy groups -OCH3 is 1. The fourth-order valence-electron chi connectivity index (χ4n) is 1.84. The molecule has 1 saturated heterocycles. The van der Waals surface area contributed by atoms with Crippen LogP contribution in [0.25, 0.3) is 0 Å². The first-order chi connectivity index (χ1) is 7.29. The molecule has 0 aromatic rings. The molecular weight excluding hydrogens is 227 g/mol.